The minimum atomic E-state index is -0.364. The first kappa shape index (κ1) is 15.1. The highest BCUT2D eigenvalue weighted by Crippen LogP contribution is 2.35. The van der Waals surface area contributed by atoms with Crippen LogP contribution in [0.5, 0.6) is 5.75 Å². The van der Waals surface area contributed by atoms with Gasteiger partial charge in [0.25, 0.3) is 0 Å². The lowest BCUT2D eigenvalue weighted by Crippen LogP contribution is -2.32. The van der Waals surface area contributed by atoms with Gasteiger partial charge in [0.15, 0.2) is 6.10 Å². The minimum absolute atomic E-state index is 0.181. The predicted molar refractivity (Wildman–Crippen MR) is 82.3 cm³/mol. The van der Waals surface area contributed by atoms with E-state index >= 15 is 0 Å². The summed E-state index contributed by atoms with van der Waals surface area (Å²) in [5.74, 6) is 0.513. The van der Waals surface area contributed by atoms with Crippen LogP contribution in [-0.4, -0.2) is 11.0 Å². The van der Waals surface area contributed by atoms with E-state index < -0.39 is 0 Å². The van der Waals surface area contributed by atoms with Gasteiger partial charge in [0.1, 0.15) is 10.8 Å². The molecule has 0 aliphatic carbocycles. The van der Waals surface area contributed by atoms with Crippen molar-refractivity contribution in [2.24, 2.45) is 5.73 Å². The number of benzene rings is 1. The summed E-state index contributed by atoms with van der Waals surface area (Å²) in [4.78, 5) is 4.32. The zero-order chi connectivity index (χ0) is 14.5. The van der Waals surface area contributed by atoms with E-state index in [9.17, 15) is 0 Å². The van der Waals surface area contributed by atoms with Crippen molar-refractivity contribution >= 4 is 23.2 Å². The average Bonchev–Trinajstić information content (AvgIpc) is 2.49. The lowest BCUT2D eigenvalue weighted by Gasteiger charge is -2.24. The fourth-order valence-corrected chi connectivity index (χ4v) is 2.17. The summed E-state index contributed by atoms with van der Waals surface area (Å²) >= 11 is 12.2. The highest BCUT2D eigenvalue weighted by Gasteiger charge is 2.23. The van der Waals surface area contributed by atoms with Gasteiger partial charge in [0.05, 0.1) is 10.7 Å². The van der Waals surface area contributed by atoms with Crippen LogP contribution in [0.1, 0.15) is 25.1 Å². The molecule has 0 radical (unpaired) electrons. The number of nitrogens with zero attached hydrogens (tertiary/aromatic N) is 1. The molecule has 0 spiro atoms. The quantitative estimate of drug-likeness (QED) is 0.898. The summed E-state index contributed by atoms with van der Waals surface area (Å²) in [6.45, 7) is 2.00. The molecule has 2 atom stereocenters. The zero-order valence-electron chi connectivity index (χ0n) is 11.1. The van der Waals surface area contributed by atoms with Gasteiger partial charge in [-0.15, -0.1) is 0 Å². The van der Waals surface area contributed by atoms with Crippen molar-refractivity contribution in [3.8, 4) is 5.75 Å². The molecule has 1 aromatic carbocycles. The second-order valence-corrected chi connectivity index (χ2v) is 5.20. The fraction of sp³-hybridized carbons (Fsp3) is 0.267. The van der Waals surface area contributed by atoms with Crippen LogP contribution in [0, 0.1) is 0 Å². The Bertz CT molecular complexity index is 563. The second kappa shape index (κ2) is 6.93. The molecular weight excluding hydrogens is 295 g/mol. The lowest BCUT2D eigenvalue weighted by atomic mass is 10.1. The standard InChI is InChI=1S/C15H16Cl2N2O/c1-2-11(18)15(12-7-3-4-9-19-12)20-13-8-5-6-10(16)14(13)17/h3-9,11,15H,2,18H2,1H3. The predicted octanol–water partition coefficient (Wildman–Crippen LogP) is 4.25. The zero-order valence-corrected chi connectivity index (χ0v) is 12.6. The highest BCUT2D eigenvalue weighted by atomic mass is 35.5. The van der Waals surface area contributed by atoms with Crippen molar-refractivity contribution in [1.29, 1.82) is 0 Å². The van der Waals surface area contributed by atoms with E-state index in [1.54, 1.807) is 24.4 Å². The number of aromatic nitrogens is 1. The molecule has 5 heteroatoms. The van der Waals surface area contributed by atoms with Crippen LogP contribution < -0.4 is 10.5 Å². The minimum Gasteiger partial charge on any atom is -0.481 e. The van der Waals surface area contributed by atoms with Crippen LogP contribution in [0.25, 0.3) is 0 Å². The van der Waals surface area contributed by atoms with Gasteiger partial charge in [-0.25, -0.2) is 0 Å². The molecule has 2 aromatic rings. The highest BCUT2D eigenvalue weighted by molar-refractivity contribution is 6.42. The summed E-state index contributed by atoms with van der Waals surface area (Å²) in [5.41, 5.74) is 6.92. The average molecular weight is 311 g/mol. The largest absolute Gasteiger partial charge is 0.481 e. The van der Waals surface area contributed by atoms with Gasteiger partial charge in [0, 0.05) is 12.2 Å². The van der Waals surface area contributed by atoms with E-state index in [0.717, 1.165) is 12.1 Å². The van der Waals surface area contributed by atoms with Crippen molar-refractivity contribution < 1.29 is 4.74 Å². The molecule has 0 aliphatic rings. The molecule has 0 fully saturated rings. The number of pyridine rings is 1. The lowest BCUT2D eigenvalue weighted by molar-refractivity contribution is 0.166. The van der Waals surface area contributed by atoms with Crippen LogP contribution in [0.15, 0.2) is 42.6 Å². The number of nitrogens with two attached hydrogens (primary N) is 1. The Labute approximate surface area is 128 Å². The van der Waals surface area contributed by atoms with Crippen molar-refractivity contribution in [3.05, 3.63) is 58.3 Å². The molecule has 3 nitrogen and oxygen atoms in total. The monoisotopic (exact) mass is 310 g/mol. The number of rotatable bonds is 5. The molecular formula is C15H16Cl2N2O. The normalized spacial score (nSPS) is 13.8. The SMILES string of the molecule is CCC(N)C(Oc1cccc(Cl)c1Cl)c1ccccn1. The summed E-state index contributed by atoms with van der Waals surface area (Å²) in [5, 5.41) is 0.840. The smallest absolute Gasteiger partial charge is 0.156 e. The molecule has 0 bridgehead atoms. The van der Waals surface area contributed by atoms with Gasteiger partial charge >= 0.3 is 0 Å². The third-order valence-electron chi connectivity index (χ3n) is 3.01. The van der Waals surface area contributed by atoms with Crippen molar-refractivity contribution in [3.63, 3.8) is 0 Å². The summed E-state index contributed by atoms with van der Waals surface area (Å²) in [6, 6.07) is 10.7. The van der Waals surface area contributed by atoms with Gasteiger partial charge < -0.3 is 10.5 Å². The Kier molecular flexibility index (Phi) is 5.24. The van der Waals surface area contributed by atoms with E-state index in [0.29, 0.717) is 15.8 Å². The van der Waals surface area contributed by atoms with Gasteiger partial charge in [-0.1, -0.05) is 42.3 Å². The summed E-state index contributed by atoms with van der Waals surface area (Å²) in [6.07, 6.45) is 2.12. The van der Waals surface area contributed by atoms with Gasteiger partial charge in [-0.3, -0.25) is 4.98 Å². The molecule has 20 heavy (non-hydrogen) atoms. The molecule has 0 saturated carbocycles. The first-order chi connectivity index (χ1) is 9.63. The fourth-order valence-electron chi connectivity index (χ4n) is 1.84. The second-order valence-electron chi connectivity index (χ2n) is 4.42. The molecule has 1 heterocycles. The molecule has 106 valence electrons. The molecule has 0 aliphatic heterocycles. The van der Waals surface area contributed by atoms with Gasteiger partial charge in [-0.05, 0) is 30.7 Å². The molecule has 2 rings (SSSR count). The first-order valence-corrected chi connectivity index (χ1v) is 7.16. The van der Waals surface area contributed by atoms with E-state index in [-0.39, 0.29) is 12.1 Å². The Balaban J connectivity index is 2.31. The third-order valence-corrected chi connectivity index (χ3v) is 3.81. The van der Waals surface area contributed by atoms with E-state index in [1.807, 2.05) is 25.1 Å². The maximum Gasteiger partial charge on any atom is 0.156 e. The van der Waals surface area contributed by atoms with Crippen molar-refractivity contribution in [1.82, 2.24) is 4.98 Å². The van der Waals surface area contributed by atoms with Crippen LogP contribution in [0.2, 0.25) is 10.0 Å². The number of hydrogen-bond donors (Lipinski definition) is 1. The topological polar surface area (TPSA) is 48.1 Å². The summed E-state index contributed by atoms with van der Waals surface area (Å²) < 4.78 is 5.96. The Hall–Kier alpha value is -1.29. The van der Waals surface area contributed by atoms with Crippen LogP contribution in [0.3, 0.4) is 0 Å². The number of ether oxygens (including phenoxy) is 1. The van der Waals surface area contributed by atoms with Crippen LogP contribution in [-0.2, 0) is 0 Å². The van der Waals surface area contributed by atoms with Crippen LogP contribution >= 0.6 is 23.2 Å². The van der Waals surface area contributed by atoms with E-state index in [2.05, 4.69) is 4.98 Å². The van der Waals surface area contributed by atoms with Gasteiger partial charge in [-0.2, -0.15) is 0 Å². The maximum absolute atomic E-state index is 6.15. The van der Waals surface area contributed by atoms with E-state index in [4.69, 9.17) is 33.7 Å². The van der Waals surface area contributed by atoms with Crippen molar-refractivity contribution in [2.75, 3.05) is 0 Å². The molecule has 2 unspecified atom stereocenters. The van der Waals surface area contributed by atoms with Crippen molar-refractivity contribution in [2.45, 2.75) is 25.5 Å². The Morgan fingerprint density at radius 1 is 1.20 bits per heavy atom. The Morgan fingerprint density at radius 3 is 2.65 bits per heavy atom. The molecule has 0 amide bonds. The number of halogens is 2. The number of hydrogen-bond acceptors (Lipinski definition) is 3. The maximum atomic E-state index is 6.15. The van der Waals surface area contributed by atoms with E-state index in [1.165, 1.54) is 0 Å². The molecule has 0 saturated heterocycles. The van der Waals surface area contributed by atoms with Gasteiger partial charge in [0.2, 0.25) is 0 Å². The van der Waals surface area contributed by atoms with Crippen LogP contribution in [0.4, 0.5) is 0 Å². The Morgan fingerprint density at radius 2 is 2.00 bits per heavy atom. The third kappa shape index (κ3) is 3.42. The summed E-state index contributed by atoms with van der Waals surface area (Å²) in [7, 11) is 0. The molecule has 2 N–H and O–H groups in total. The molecule has 1 aromatic heterocycles. The first-order valence-electron chi connectivity index (χ1n) is 6.40.